The molecule has 5 nitrogen and oxygen atoms in total. The molecular weight excluding hydrogens is 372 g/mol. The first-order valence-corrected chi connectivity index (χ1v) is 9.59. The normalized spacial score (nSPS) is 15.3. The summed E-state index contributed by atoms with van der Waals surface area (Å²) in [5.41, 5.74) is 4.47. The van der Waals surface area contributed by atoms with E-state index in [0.29, 0.717) is 0 Å². The van der Waals surface area contributed by atoms with Crippen molar-refractivity contribution in [3.63, 3.8) is 0 Å². The summed E-state index contributed by atoms with van der Waals surface area (Å²) < 4.78 is 5.26. The average molecular weight is 395 g/mol. The lowest BCUT2D eigenvalue weighted by Gasteiger charge is -2.32. The molecule has 0 spiro atoms. The SMILES string of the molecule is COc1ccc(CN2Cc3c(Cl)cc(Nc4ccncn4)cc3C2(C)C)cc1. The Hall–Kier alpha value is -2.63. The number of rotatable bonds is 5. The van der Waals surface area contributed by atoms with Crippen molar-refractivity contribution in [2.24, 2.45) is 0 Å². The summed E-state index contributed by atoms with van der Waals surface area (Å²) in [7, 11) is 1.68. The highest BCUT2D eigenvalue weighted by atomic mass is 35.5. The van der Waals surface area contributed by atoms with Crippen LogP contribution in [-0.2, 0) is 18.6 Å². The van der Waals surface area contributed by atoms with Crippen molar-refractivity contribution in [2.75, 3.05) is 12.4 Å². The molecule has 4 rings (SSSR count). The second-order valence-electron chi connectivity index (χ2n) is 7.47. The van der Waals surface area contributed by atoms with E-state index in [0.717, 1.165) is 35.4 Å². The van der Waals surface area contributed by atoms with Crippen LogP contribution in [0.2, 0.25) is 5.02 Å². The Morgan fingerprint density at radius 3 is 2.64 bits per heavy atom. The third kappa shape index (κ3) is 3.55. The molecule has 2 aromatic carbocycles. The van der Waals surface area contributed by atoms with Gasteiger partial charge in [0, 0.05) is 35.5 Å². The van der Waals surface area contributed by atoms with Crippen molar-refractivity contribution < 1.29 is 4.74 Å². The fourth-order valence-electron chi connectivity index (χ4n) is 3.69. The summed E-state index contributed by atoms with van der Waals surface area (Å²) in [6, 6.07) is 14.2. The highest BCUT2D eigenvalue weighted by Crippen LogP contribution is 2.44. The molecule has 0 fully saturated rings. The monoisotopic (exact) mass is 394 g/mol. The van der Waals surface area contributed by atoms with Gasteiger partial charge in [-0.2, -0.15) is 0 Å². The zero-order chi connectivity index (χ0) is 19.7. The minimum Gasteiger partial charge on any atom is -0.497 e. The number of fused-ring (bicyclic) bond motifs is 1. The van der Waals surface area contributed by atoms with Crippen molar-refractivity contribution in [3.8, 4) is 5.75 Å². The summed E-state index contributed by atoms with van der Waals surface area (Å²) in [6.07, 6.45) is 3.24. The molecular formula is C22H23ClN4O. The number of hydrogen-bond acceptors (Lipinski definition) is 5. The van der Waals surface area contributed by atoms with Crippen molar-refractivity contribution in [1.82, 2.24) is 14.9 Å². The van der Waals surface area contributed by atoms with Crippen LogP contribution in [0.5, 0.6) is 5.75 Å². The molecule has 1 N–H and O–H groups in total. The van der Waals surface area contributed by atoms with Crippen LogP contribution < -0.4 is 10.1 Å². The molecule has 0 amide bonds. The lowest BCUT2D eigenvalue weighted by molar-refractivity contribution is 0.128. The van der Waals surface area contributed by atoms with E-state index in [-0.39, 0.29) is 5.54 Å². The van der Waals surface area contributed by atoms with E-state index in [9.17, 15) is 0 Å². The maximum Gasteiger partial charge on any atom is 0.133 e. The fraction of sp³-hybridized carbons (Fsp3) is 0.273. The number of ether oxygens (including phenoxy) is 1. The summed E-state index contributed by atoms with van der Waals surface area (Å²) in [6.45, 7) is 6.15. The molecule has 2 heterocycles. The Bertz CT molecular complexity index is 974. The van der Waals surface area contributed by atoms with Crippen LogP contribution in [0, 0.1) is 0 Å². The Balaban J connectivity index is 1.60. The lowest BCUT2D eigenvalue weighted by Crippen LogP contribution is -2.34. The predicted octanol–water partition coefficient (Wildman–Crippen LogP) is 5.13. The molecule has 6 heteroatoms. The van der Waals surface area contributed by atoms with Crippen molar-refractivity contribution in [2.45, 2.75) is 32.5 Å². The third-order valence-corrected chi connectivity index (χ3v) is 5.72. The minimum atomic E-state index is -0.137. The van der Waals surface area contributed by atoms with Gasteiger partial charge in [0.05, 0.1) is 7.11 Å². The Labute approximate surface area is 170 Å². The van der Waals surface area contributed by atoms with Crippen LogP contribution >= 0.6 is 11.6 Å². The predicted molar refractivity (Wildman–Crippen MR) is 112 cm³/mol. The first-order valence-electron chi connectivity index (χ1n) is 9.21. The highest BCUT2D eigenvalue weighted by Gasteiger charge is 2.38. The Morgan fingerprint density at radius 2 is 1.96 bits per heavy atom. The number of aromatic nitrogens is 2. The average Bonchev–Trinajstić information content (AvgIpc) is 2.94. The molecule has 0 atom stereocenters. The molecule has 1 aromatic heterocycles. The zero-order valence-corrected chi connectivity index (χ0v) is 17.0. The molecule has 28 heavy (non-hydrogen) atoms. The molecule has 144 valence electrons. The molecule has 1 aliphatic rings. The van der Waals surface area contributed by atoms with Crippen LogP contribution in [-0.4, -0.2) is 22.0 Å². The maximum atomic E-state index is 6.66. The number of benzene rings is 2. The topological polar surface area (TPSA) is 50.3 Å². The number of hydrogen-bond donors (Lipinski definition) is 1. The van der Waals surface area contributed by atoms with Crippen molar-refractivity contribution >= 4 is 23.1 Å². The minimum absolute atomic E-state index is 0.137. The molecule has 0 radical (unpaired) electrons. The van der Waals surface area contributed by atoms with E-state index in [2.05, 4.69) is 52.2 Å². The lowest BCUT2D eigenvalue weighted by atomic mass is 9.93. The van der Waals surface area contributed by atoms with E-state index < -0.39 is 0 Å². The molecule has 1 aliphatic heterocycles. The van der Waals surface area contributed by atoms with Gasteiger partial charge >= 0.3 is 0 Å². The Morgan fingerprint density at radius 1 is 1.18 bits per heavy atom. The van der Waals surface area contributed by atoms with Gasteiger partial charge in [-0.15, -0.1) is 0 Å². The van der Waals surface area contributed by atoms with Gasteiger partial charge in [0.15, 0.2) is 0 Å². The van der Waals surface area contributed by atoms with Crippen LogP contribution in [0.1, 0.15) is 30.5 Å². The van der Waals surface area contributed by atoms with Gasteiger partial charge in [-0.05, 0) is 60.9 Å². The molecule has 0 bridgehead atoms. The first-order chi connectivity index (χ1) is 13.5. The van der Waals surface area contributed by atoms with Gasteiger partial charge < -0.3 is 10.1 Å². The number of nitrogens with one attached hydrogen (secondary N) is 1. The van der Waals surface area contributed by atoms with Crippen LogP contribution in [0.4, 0.5) is 11.5 Å². The summed E-state index contributed by atoms with van der Waals surface area (Å²) >= 11 is 6.66. The molecule has 0 saturated heterocycles. The number of methoxy groups -OCH3 is 1. The van der Waals surface area contributed by atoms with Crippen LogP contribution in [0.3, 0.4) is 0 Å². The Kier molecular flexibility index (Phi) is 4.96. The maximum absolute atomic E-state index is 6.66. The number of halogens is 1. The number of anilines is 2. The van der Waals surface area contributed by atoms with Crippen LogP contribution in [0.15, 0.2) is 55.0 Å². The third-order valence-electron chi connectivity index (χ3n) is 5.38. The van der Waals surface area contributed by atoms with Gasteiger partial charge in [0.2, 0.25) is 0 Å². The summed E-state index contributed by atoms with van der Waals surface area (Å²) in [4.78, 5) is 10.6. The van der Waals surface area contributed by atoms with Crippen molar-refractivity contribution in [1.29, 1.82) is 0 Å². The van der Waals surface area contributed by atoms with E-state index in [1.54, 1.807) is 13.3 Å². The van der Waals surface area contributed by atoms with Crippen LogP contribution in [0.25, 0.3) is 0 Å². The molecule has 0 unspecified atom stereocenters. The van der Waals surface area contributed by atoms with Gasteiger partial charge in [0.1, 0.15) is 17.9 Å². The standard InChI is InChI=1S/C22H23ClN4O/c1-22(2)19-10-16(26-21-8-9-24-14-25-21)11-20(23)18(19)13-27(22)12-15-4-6-17(28-3)7-5-15/h4-11,14H,12-13H2,1-3H3,(H,24,25,26). The second kappa shape index (κ2) is 7.41. The zero-order valence-electron chi connectivity index (χ0n) is 16.2. The largest absolute Gasteiger partial charge is 0.497 e. The second-order valence-corrected chi connectivity index (χ2v) is 7.87. The highest BCUT2D eigenvalue weighted by molar-refractivity contribution is 6.31. The molecule has 0 saturated carbocycles. The molecule has 3 aromatic rings. The summed E-state index contributed by atoms with van der Waals surface area (Å²) in [5, 5.41) is 4.10. The van der Waals surface area contributed by atoms with Gasteiger partial charge in [-0.3, -0.25) is 4.90 Å². The van der Waals surface area contributed by atoms with Crippen molar-refractivity contribution in [3.05, 3.63) is 76.7 Å². The summed E-state index contributed by atoms with van der Waals surface area (Å²) in [5.74, 6) is 1.62. The van der Waals surface area contributed by atoms with E-state index >= 15 is 0 Å². The van der Waals surface area contributed by atoms with Gasteiger partial charge in [0.25, 0.3) is 0 Å². The smallest absolute Gasteiger partial charge is 0.133 e. The van der Waals surface area contributed by atoms with E-state index in [1.807, 2.05) is 24.3 Å². The quantitative estimate of drug-likeness (QED) is 0.649. The van der Waals surface area contributed by atoms with E-state index in [1.165, 1.54) is 23.0 Å². The number of nitrogens with zero attached hydrogens (tertiary/aromatic N) is 3. The fourth-order valence-corrected chi connectivity index (χ4v) is 3.97. The van der Waals surface area contributed by atoms with E-state index in [4.69, 9.17) is 16.3 Å². The van der Waals surface area contributed by atoms with Gasteiger partial charge in [-0.25, -0.2) is 9.97 Å². The molecule has 0 aliphatic carbocycles. The first kappa shape index (κ1) is 18.7. The van der Waals surface area contributed by atoms with Gasteiger partial charge in [-0.1, -0.05) is 23.7 Å².